The highest BCUT2D eigenvalue weighted by Gasteiger charge is 2.14. The topological polar surface area (TPSA) is 69.6 Å². The number of carbonyl (C=O) groups excluding carboxylic acids is 2. The molecule has 0 aliphatic carbocycles. The van der Waals surface area contributed by atoms with Crippen molar-refractivity contribution in [2.45, 2.75) is 19.4 Å². The van der Waals surface area contributed by atoms with Crippen LogP contribution in [0.3, 0.4) is 0 Å². The lowest BCUT2D eigenvalue weighted by Crippen LogP contribution is -2.27. The van der Waals surface area contributed by atoms with Gasteiger partial charge in [-0.15, -0.1) is 0 Å². The Balaban J connectivity index is 2.01. The van der Waals surface area contributed by atoms with Gasteiger partial charge in [-0.3, -0.25) is 9.59 Å². The third-order valence-corrected chi connectivity index (χ3v) is 3.69. The van der Waals surface area contributed by atoms with Crippen molar-refractivity contribution in [3.63, 3.8) is 0 Å². The molecule has 2 amide bonds. The summed E-state index contributed by atoms with van der Waals surface area (Å²) in [5.74, 6) is -0.353. The summed E-state index contributed by atoms with van der Waals surface area (Å²) in [4.78, 5) is 26.0. The zero-order valence-corrected chi connectivity index (χ0v) is 13.9. The Hall–Kier alpha value is -2.66. The second kappa shape index (κ2) is 8.26. The van der Waals surface area contributed by atoms with Crippen molar-refractivity contribution >= 4 is 17.5 Å². The zero-order chi connectivity index (χ0) is 17.5. The van der Waals surface area contributed by atoms with E-state index < -0.39 is 6.10 Å². The summed E-state index contributed by atoms with van der Waals surface area (Å²) in [5.41, 5.74) is 1.81. The highest BCUT2D eigenvalue weighted by Crippen LogP contribution is 2.15. The second-order valence-corrected chi connectivity index (χ2v) is 5.67. The normalized spacial score (nSPS) is 11.6. The smallest absolute Gasteiger partial charge is 0.258 e. The molecule has 0 saturated heterocycles. The number of aliphatic hydroxyl groups excluding tert-OH is 1. The first kappa shape index (κ1) is 17.7. The van der Waals surface area contributed by atoms with Gasteiger partial charge in [-0.2, -0.15) is 0 Å². The van der Waals surface area contributed by atoms with Crippen molar-refractivity contribution in [3.8, 4) is 0 Å². The molecule has 0 aliphatic heterocycles. The van der Waals surface area contributed by atoms with Crippen molar-refractivity contribution in [2.24, 2.45) is 0 Å². The molecule has 2 N–H and O–H groups in total. The largest absolute Gasteiger partial charge is 0.393 e. The summed E-state index contributed by atoms with van der Waals surface area (Å²) in [6, 6.07) is 15.9. The summed E-state index contributed by atoms with van der Waals surface area (Å²) in [6.07, 6.45) is 0.0586. The van der Waals surface area contributed by atoms with Crippen LogP contribution in [0.2, 0.25) is 0 Å². The Morgan fingerprint density at radius 3 is 2.21 bits per heavy atom. The van der Waals surface area contributed by atoms with Gasteiger partial charge in [0.05, 0.1) is 6.10 Å². The van der Waals surface area contributed by atoms with Crippen LogP contribution >= 0.6 is 0 Å². The van der Waals surface area contributed by atoms with E-state index in [1.54, 1.807) is 43.1 Å². The van der Waals surface area contributed by atoms with Crippen LogP contribution in [-0.4, -0.2) is 36.6 Å². The first-order valence-corrected chi connectivity index (χ1v) is 7.88. The van der Waals surface area contributed by atoms with Crippen LogP contribution in [0.25, 0.3) is 0 Å². The van der Waals surface area contributed by atoms with E-state index in [4.69, 9.17) is 0 Å². The molecule has 1 unspecified atom stereocenters. The summed E-state index contributed by atoms with van der Waals surface area (Å²) in [6.45, 7) is 2.09. The van der Waals surface area contributed by atoms with Crippen LogP contribution in [0.4, 0.5) is 5.69 Å². The maximum absolute atomic E-state index is 12.5. The van der Waals surface area contributed by atoms with Gasteiger partial charge in [0, 0.05) is 30.4 Å². The van der Waals surface area contributed by atoms with Crippen LogP contribution in [-0.2, 0) is 0 Å². The number of aliphatic hydroxyl groups is 1. The van der Waals surface area contributed by atoms with Crippen LogP contribution in [0.1, 0.15) is 34.1 Å². The maximum atomic E-state index is 12.5. The van der Waals surface area contributed by atoms with Gasteiger partial charge in [-0.1, -0.05) is 18.2 Å². The summed E-state index contributed by atoms with van der Waals surface area (Å²) in [5, 5.41) is 11.9. The van der Waals surface area contributed by atoms with E-state index in [0.29, 0.717) is 24.1 Å². The molecule has 0 saturated carbocycles. The molecule has 24 heavy (non-hydrogen) atoms. The molecule has 0 bridgehead atoms. The van der Waals surface area contributed by atoms with Crippen molar-refractivity contribution < 1.29 is 14.7 Å². The molecular weight excluding hydrogens is 304 g/mol. The molecule has 0 aromatic heterocycles. The number of amides is 2. The number of hydrogen-bond donors (Lipinski definition) is 2. The van der Waals surface area contributed by atoms with E-state index in [-0.39, 0.29) is 11.8 Å². The molecule has 2 aromatic carbocycles. The lowest BCUT2D eigenvalue weighted by Gasteiger charge is -2.17. The van der Waals surface area contributed by atoms with Crippen LogP contribution in [0.15, 0.2) is 54.6 Å². The number of para-hydroxylation sites is 1. The molecule has 0 heterocycles. The van der Waals surface area contributed by atoms with Crippen LogP contribution < -0.4 is 10.2 Å². The number of anilines is 1. The van der Waals surface area contributed by atoms with E-state index in [0.717, 1.165) is 5.69 Å². The third kappa shape index (κ3) is 4.67. The minimum atomic E-state index is -0.446. The summed E-state index contributed by atoms with van der Waals surface area (Å²) < 4.78 is 0. The Kier molecular flexibility index (Phi) is 6.09. The molecule has 1 atom stereocenters. The van der Waals surface area contributed by atoms with E-state index >= 15 is 0 Å². The zero-order valence-electron chi connectivity index (χ0n) is 13.9. The average Bonchev–Trinajstić information content (AvgIpc) is 2.61. The SMILES string of the molecule is CC(O)CCNC(=O)c1ccc(C(=O)N(C)c2ccccc2)cc1. The van der Waals surface area contributed by atoms with Crippen molar-refractivity contribution in [3.05, 3.63) is 65.7 Å². The van der Waals surface area contributed by atoms with Gasteiger partial charge in [-0.05, 0) is 49.7 Å². The maximum Gasteiger partial charge on any atom is 0.258 e. The lowest BCUT2D eigenvalue weighted by atomic mass is 10.1. The van der Waals surface area contributed by atoms with Crippen LogP contribution in [0.5, 0.6) is 0 Å². The molecule has 5 nitrogen and oxygen atoms in total. The molecule has 0 spiro atoms. The van der Waals surface area contributed by atoms with E-state index in [1.807, 2.05) is 30.3 Å². The number of benzene rings is 2. The second-order valence-electron chi connectivity index (χ2n) is 5.67. The number of rotatable bonds is 6. The molecule has 2 rings (SSSR count). The summed E-state index contributed by atoms with van der Waals surface area (Å²) >= 11 is 0. The van der Waals surface area contributed by atoms with Gasteiger partial charge in [0.2, 0.25) is 0 Å². The minimum Gasteiger partial charge on any atom is -0.393 e. The molecule has 0 aliphatic rings. The molecule has 126 valence electrons. The van der Waals surface area contributed by atoms with Gasteiger partial charge < -0.3 is 15.3 Å². The van der Waals surface area contributed by atoms with Gasteiger partial charge in [0.25, 0.3) is 11.8 Å². The molecule has 5 heteroatoms. The van der Waals surface area contributed by atoms with E-state index in [1.165, 1.54) is 0 Å². The number of carbonyl (C=O) groups is 2. The van der Waals surface area contributed by atoms with Crippen molar-refractivity contribution in [1.82, 2.24) is 5.32 Å². The molecule has 2 aromatic rings. The Morgan fingerprint density at radius 1 is 1.04 bits per heavy atom. The van der Waals surface area contributed by atoms with E-state index in [9.17, 15) is 14.7 Å². The van der Waals surface area contributed by atoms with Gasteiger partial charge in [0.15, 0.2) is 0 Å². The molecular formula is C19H22N2O3. The Bertz CT molecular complexity index is 682. The van der Waals surface area contributed by atoms with Gasteiger partial charge >= 0.3 is 0 Å². The number of nitrogens with zero attached hydrogens (tertiary/aromatic N) is 1. The van der Waals surface area contributed by atoms with E-state index in [2.05, 4.69) is 5.32 Å². The fourth-order valence-electron chi connectivity index (χ4n) is 2.22. The number of hydrogen-bond acceptors (Lipinski definition) is 3. The van der Waals surface area contributed by atoms with Crippen molar-refractivity contribution in [1.29, 1.82) is 0 Å². The standard InChI is InChI=1S/C19H22N2O3/c1-14(22)12-13-20-18(23)15-8-10-16(11-9-15)19(24)21(2)17-6-4-3-5-7-17/h3-11,14,22H,12-13H2,1-2H3,(H,20,23). The highest BCUT2D eigenvalue weighted by molar-refractivity contribution is 6.06. The fraction of sp³-hybridized carbons (Fsp3) is 0.263. The quantitative estimate of drug-likeness (QED) is 0.857. The first-order chi connectivity index (χ1) is 11.5. The molecule has 0 radical (unpaired) electrons. The highest BCUT2D eigenvalue weighted by atomic mass is 16.3. The predicted octanol–water partition coefficient (Wildman–Crippen LogP) is 2.46. The first-order valence-electron chi connectivity index (χ1n) is 7.88. The Morgan fingerprint density at radius 2 is 1.62 bits per heavy atom. The van der Waals surface area contributed by atoms with Crippen molar-refractivity contribution in [2.75, 3.05) is 18.5 Å². The molecule has 0 fully saturated rings. The predicted molar refractivity (Wildman–Crippen MR) is 94.2 cm³/mol. The fourth-order valence-corrected chi connectivity index (χ4v) is 2.22. The van der Waals surface area contributed by atoms with Gasteiger partial charge in [-0.25, -0.2) is 0 Å². The Labute approximate surface area is 141 Å². The number of nitrogens with one attached hydrogen (secondary N) is 1. The van der Waals surface area contributed by atoms with Gasteiger partial charge in [0.1, 0.15) is 0 Å². The summed E-state index contributed by atoms with van der Waals surface area (Å²) in [7, 11) is 1.72. The monoisotopic (exact) mass is 326 g/mol. The lowest BCUT2D eigenvalue weighted by molar-refractivity contribution is 0.0942. The minimum absolute atomic E-state index is 0.137. The average molecular weight is 326 g/mol. The van der Waals surface area contributed by atoms with Crippen LogP contribution in [0, 0.1) is 0 Å². The third-order valence-electron chi connectivity index (χ3n) is 3.69.